The van der Waals surface area contributed by atoms with Crippen LogP contribution in [0.4, 0.5) is 5.69 Å². The van der Waals surface area contributed by atoms with Gasteiger partial charge in [0.2, 0.25) is 0 Å². The molecular weight excluding hydrogens is 416 g/mol. The van der Waals surface area contributed by atoms with Crippen molar-refractivity contribution in [2.24, 2.45) is 0 Å². The third kappa shape index (κ3) is 4.12. The number of sulfonamides is 1. The summed E-state index contributed by atoms with van der Waals surface area (Å²) in [6.07, 6.45) is 0. The molecule has 1 aliphatic rings. The van der Waals surface area contributed by atoms with Gasteiger partial charge in [0.25, 0.3) is 15.9 Å². The quantitative estimate of drug-likeness (QED) is 0.706. The van der Waals surface area contributed by atoms with Gasteiger partial charge in [-0.25, -0.2) is 8.42 Å². The summed E-state index contributed by atoms with van der Waals surface area (Å²) in [6, 6.07) is 13.1. The summed E-state index contributed by atoms with van der Waals surface area (Å²) in [4.78, 5) is 12.8. The van der Waals surface area contributed by atoms with E-state index in [1.165, 1.54) is 18.5 Å². The Labute approximate surface area is 183 Å². The van der Waals surface area contributed by atoms with Crippen LogP contribution < -0.4 is 19.1 Å². The van der Waals surface area contributed by atoms with E-state index < -0.39 is 15.9 Å². The van der Waals surface area contributed by atoms with Crippen LogP contribution in [0.1, 0.15) is 37.8 Å². The highest BCUT2D eigenvalue weighted by Gasteiger charge is 2.39. The molecule has 1 amide bonds. The van der Waals surface area contributed by atoms with E-state index in [9.17, 15) is 13.2 Å². The largest absolute Gasteiger partial charge is 0.493 e. The number of hydrogen-bond acceptors (Lipinski definition) is 5. The molecule has 1 aliphatic heterocycles. The minimum atomic E-state index is -4.03. The fourth-order valence-electron chi connectivity index (χ4n) is 3.78. The standard InChI is InChI=1S/C23H28N2O5S/c1-6-25-19-13-21(30-5)20(29-4)12-18(19)16(3)22(31(25,27)28)23(26)24-14-15(2)17-10-8-7-9-11-17/h7-13,15H,6,14H2,1-5H3,(H,24,26)/t15-/m1/s1. The van der Waals surface area contributed by atoms with Crippen LogP contribution in [0.25, 0.3) is 5.57 Å². The number of allylic oxidation sites excluding steroid dienone is 1. The number of carbonyl (C=O) groups is 1. The second-order valence-electron chi connectivity index (χ2n) is 7.37. The highest BCUT2D eigenvalue weighted by molar-refractivity contribution is 7.97. The molecule has 166 valence electrons. The van der Waals surface area contributed by atoms with Crippen LogP contribution in [0.5, 0.6) is 11.5 Å². The van der Waals surface area contributed by atoms with E-state index in [0.29, 0.717) is 34.9 Å². The Morgan fingerprint density at radius 2 is 1.71 bits per heavy atom. The first-order valence-electron chi connectivity index (χ1n) is 10.1. The van der Waals surface area contributed by atoms with Crippen molar-refractivity contribution in [3.63, 3.8) is 0 Å². The number of nitrogens with one attached hydrogen (secondary N) is 1. The average Bonchev–Trinajstić information content (AvgIpc) is 2.77. The Morgan fingerprint density at radius 3 is 2.29 bits per heavy atom. The lowest BCUT2D eigenvalue weighted by atomic mass is 10.0. The SMILES string of the molecule is CCN1c2cc(OC)c(OC)cc2C(C)=C(C(=O)NC[C@@H](C)c2ccccc2)S1(=O)=O. The maximum atomic E-state index is 13.4. The molecule has 1 N–H and O–H groups in total. The van der Waals surface area contributed by atoms with Gasteiger partial charge in [-0.3, -0.25) is 9.10 Å². The lowest BCUT2D eigenvalue weighted by Gasteiger charge is -2.32. The monoisotopic (exact) mass is 444 g/mol. The smallest absolute Gasteiger partial charge is 0.270 e. The van der Waals surface area contributed by atoms with Crippen molar-refractivity contribution in [1.29, 1.82) is 0 Å². The zero-order valence-electron chi connectivity index (χ0n) is 18.4. The van der Waals surface area contributed by atoms with Gasteiger partial charge in [0.05, 0.1) is 19.9 Å². The molecule has 2 aromatic rings. The molecule has 0 unspecified atom stereocenters. The molecule has 1 atom stereocenters. The first kappa shape index (κ1) is 22.7. The topological polar surface area (TPSA) is 84.9 Å². The van der Waals surface area contributed by atoms with Gasteiger partial charge in [-0.2, -0.15) is 0 Å². The fraction of sp³-hybridized carbons (Fsp3) is 0.348. The highest BCUT2D eigenvalue weighted by atomic mass is 32.2. The molecule has 0 saturated carbocycles. The third-order valence-electron chi connectivity index (χ3n) is 5.49. The Morgan fingerprint density at radius 1 is 1.10 bits per heavy atom. The maximum Gasteiger partial charge on any atom is 0.270 e. The predicted molar refractivity (Wildman–Crippen MR) is 122 cm³/mol. The third-order valence-corrected chi connectivity index (χ3v) is 7.54. The Balaban J connectivity index is 2.01. The number of nitrogens with zero attached hydrogens (tertiary/aromatic N) is 1. The first-order valence-corrected chi connectivity index (χ1v) is 11.5. The normalized spacial score (nSPS) is 15.8. The number of methoxy groups -OCH3 is 2. The highest BCUT2D eigenvalue weighted by Crippen LogP contribution is 2.44. The second kappa shape index (κ2) is 9.01. The molecule has 2 aromatic carbocycles. The number of fused-ring (bicyclic) bond motifs is 1. The summed E-state index contributed by atoms with van der Waals surface area (Å²) >= 11 is 0. The summed E-state index contributed by atoms with van der Waals surface area (Å²) in [7, 11) is -1.02. The Hall–Kier alpha value is -3.00. The number of anilines is 1. The van der Waals surface area contributed by atoms with Crippen molar-refractivity contribution in [3.05, 3.63) is 58.5 Å². The number of ether oxygens (including phenoxy) is 2. The second-order valence-corrected chi connectivity index (χ2v) is 9.17. The van der Waals surface area contributed by atoms with Gasteiger partial charge in [-0.15, -0.1) is 0 Å². The van der Waals surface area contributed by atoms with Crippen LogP contribution >= 0.6 is 0 Å². The van der Waals surface area contributed by atoms with E-state index >= 15 is 0 Å². The minimum absolute atomic E-state index is 0.0382. The molecule has 1 heterocycles. The summed E-state index contributed by atoms with van der Waals surface area (Å²) in [5.74, 6) is 0.316. The average molecular weight is 445 g/mol. The number of benzene rings is 2. The number of amides is 1. The zero-order chi connectivity index (χ0) is 22.8. The van der Waals surface area contributed by atoms with E-state index in [4.69, 9.17) is 9.47 Å². The van der Waals surface area contributed by atoms with Crippen molar-refractivity contribution in [2.75, 3.05) is 31.6 Å². The Kier molecular flexibility index (Phi) is 6.59. The van der Waals surface area contributed by atoms with Crippen LogP contribution in [0.2, 0.25) is 0 Å². The molecular formula is C23H28N2O5S. The van der Waals surface area contributed by atoms with Crippen LogP contribution in [0.3, 0.4) is 0 Å². The molecule has 0 spiro atoms. The van der Waals surface area contributed by atoms with Gasteiger partial charge in [0.1, 0.15) is 0 Å². The molecule has 0 bridgehead atoms. The van der Waals surface area contributed by atoms with Gasteiger partial charge in [0, 0.05) is 24.7 Å². The molecule has 0 saturated heterocycles. The van der Waals surface area contributed by atoms with Crippen molar-refractivity contribution >= 4 is 27.2 Å². The van der Waals surface area contributed by atoms with E-state index in [2.05, 4.69) is 5.32 Å². The Bertz CT molecular complexity index is 1110. The molecule has 0 aromatic heterocycles. The summed E-state index contributed by atoms with van der Waals surface area (Å²) in [5.41, 5.74) is 2.53. The van der Waals surface area contributed by atoms with Crippen LogP contribution in [-0.4, -0.2) is 41.6 Å². The lowest BCUT2D eigenvalue weighted by molar-refractivity contribution is -0.116. The van der Waals surface area contributed by atoms with Crippen LogP contribution in [-0.2, 0) is 14.8 Å². The van der Waals surface area contributed by atoms with Crippen molar-refractivity contribution in [2.45, 2.75) is 26.7 Å². The zero-order valence-corrected chi connectivity index (χ0v) is 19.2. The first-order chi connectivity index (χ1) is 14.8. The summed E-state index contributed by atoms with van der Waals surface area (Å²) in [5, 5.41) is 2.80. The van der Waals surface area contributed by atoms with Gasteiger partial charge in [-0.05, 0) is 37.0 Å². The summed E-state index contributed by atoms with van der Waals surface area (Å²) < 4.78 is 38.7. The number of hydrogen-bond donors (Lipinski definition) is 1. The van der Waals surface area contributed by atoms with Crippen LogP contribution in [0, 0.1) is 0 Å². The van der Waals surface area contributed by atoms with E-state index in [1.807, 2.05) is 37.3 Å². The molecule has 7 nitrogen and oxygen atoms in total. The van der Waals surface area contributed by atoms with Gasteiger partial charge >= 0.3 is 0 Å². The van der Waals surface area contributed by atoms with Gasteiger partial charge in [-0.1, -0.05) is 37.3 Å². The summed E-state index contributed by atoms with van der Waals surface area (Å²) in [6.45, 7) is 5.85. The van der Waals surface area contributed by atoms with E-state index in [-0.39, 0.29) is 17.4 Å². The van der Waals surface area contributed by atoms with E-state index in [0.717, 1.165) is 5.56 Å². The molecule has 3 rings (SSSR count). The molecule has 31 heavy (non-hydrogen) atoms. The maximum absolute atomic E-state index is 13.4. The number of rotatable bonds is 7. The van der Waals surface area contributed by atoms with E-state index in [1.54, 1.807) is 26.0 Å². The minimum Gasteiger partial charge on any atom is -0.493 e. The van der Waals surface area contributed by atoms with Gasteiger partial charge in [0.15, 0.2) is 16.4 Å². The van der Waals surface area contributed by atoms with Crippen molar-refractivity contribution in [3.8, 4) is 11.5 Å². The molecule has 0 fully saturated rings. The van der Waals surface area contributed by atoms with Crippen molar-refractivity contribution in [1.82, 2.24) is 5.32 Å². The molecule has 0 radical (unpaired) electrons. The lowest BCUT2D eigenvalue weighted by Crippen LogP contribution is -2.41. The van der Waals surface area contributed by atoms with Crippen LogP contribution in [0.15, 0.2) is 47.4 Å². The fourth-order valence-corrected chi connectivity index (χ4v) is 5.56. The van der Waals surface area contributed by atoms with Gasteiger partial charge < -0.3 is 14.8 Å². The number of carbonyl (C=O) groups excluding carboxylic acids is 1. The molecule has 8 heteroatoms. The predicted octanol–water partition coefficient (Wildman–Crippen LogP) is 3.52. The van der Waals surface area contributed by atoms with Crippen molar-refractivity contribution < 1.29 is 22.7 Å². The molecule has 0 aliphatic carbocycles.